The Morgan fingerprint density at radius 2 is 1.80 bits per heavy atom. The SMILES string of the molecule is CC1C[C@H]2C(=O)N(C1)[C@H](C#N)C[C@@H]1C[C@@H](CCCC[C@H](NC(=O)OC(C)(C)C)C(=O)N2C)NC1=O. The van der Waals surface area contributed by atoms with Crippen LogP contribution in [0.1, 0.15) is 72.6 Å². The number of carbonyl (C=O) groups is 4. The van der Waals surface area contributed by atoms with Gasteiger partial charge in [-0.15, -0.1) is 0 Å². The molecule has 4 amide bonds. The van der Waals surface area contributed by atoms with Crippen molar-refractivity contribution in [1.29, 1.82) is 5.26 Å². The summed E-state index contributed by atoms with van der Waals surface area (Å²) in [5.74, 6) is -0.929. The van der Waals surface area contributed by atoms with Crippen LogP contribution in [-0.4, -0.2) is 77.0 Å². The van der Waals surface area contributed by atoms with E-state index < -0.39 is 29.8 Å². The van der Waals surface area contributed by atoms with Crippen molar-refractivity contribution in [2.45, 2.75) is 102 Å². The van der Waals surface area contributed by atoms with Gasteiger partial charge in [0.15, 0.2) is 0 Å². The number of hydrogen-bond acceptors (Lipinski definition) is 6. The van der Waals surface area contributed by atoms with Crippen molar-refractivity contribution >= 4 is 23.8 Å². The maximum Gasteiger partial charge on any atom is 0.408 e. The number of rotatable bonds is 1. The number of amides is 4. The highest BCUT2D eigenvalue weighted by Crippen LogP contribution is 2.30. The average Bonchev–Trinajstić information content (AvgIpc) is 3.11. The summed E-state index contributed by atoms with van der Waals surface area (Å²) in [5, 5.41) is 15.6. The highest BCUT2D eigenvalue weighted by Gasteiger charge is 2.43. The van der Waals surface area contributed by atoms with Crippen molar-refractivity contribution < 1.29 is 23.9 Å². The second-order valence-electron chi connectivity index (χ2n) is 11.3. The molecule has 1 unspecified atom stereocenters. The van der Waals surface area contributed by atoms with Gasteiger partial charge in [-0.3, -0.25) is 14.4 Å². The molecule has 10 nitrogen and oxygen atoms in total. The highest BCUT2D eigenvalue weighted by molar-refractivity contribution is 5.92. The molecule has 6 atom stereocenters. The van der Waals surface area contributed by atoms with Gasteiger partial charge >= 0.3 is 6.09 Å². The molecule has 3 aliphatic heterocycles. The fourth-order valence-electron chi connectivity index (χ4n) is 5.36. The van der Waals surface area contributed by atoms with Gasteiger partial charge in [0, 0.05) is 25.6 Å². The van der Waals surface area contributed by atoms with Crippen molar-refractivity contribution in [3.05, 3.63) is 0 Å². The third-order valence-corrected chi connectivity index (χ3v) is 7.12. The minimum atomic E-state index is -0.837. The van der Waals surface area contributed by atoms with Crippen LogP contribution >= 0.6 is 0 Å². The minimum Gasteiger partial charge on any atom is -0.444 e. The zero-order valence-electron chi connectivity index (χ0n) is 21.5. The van der Waals surface area contributed by atoms with Crippen LogP contribution in [0.5, 0.6) is 0 Å². The first-order chi connectivity index (χ1) is 16.4. The molecule has 0 aliphatic carbocycles. The lowest BCUT2D eigenvalue weighted by molar-refractivity contribution is -0.151. The predicted molar refractivity (Wildman–Crippen MR) is 128 cm³/mol. The van der Waals surface area contributed by atoms with Gasteiger partial charge in [-0.1, -0.05) is 19.8 Å². The smallest absolute Gasteiger partial charge is 0.408 e. The summed E-state index contributed by atoms with van der Waals surface area (Å²) < 4.78 is 5.37. The van der Waals surface area contributed by atoms with E-state index >= 15 is 0 Å². The van der Waals surface area contributed by atoms with Crippen molar-refractivity contribution in [2.75, 3.05) is 13.6 Å². The Hall–Kier alpha value is -2.83. The molecular weight excluding hydrogens is 450 g/mol. The lowest BCUT2D eigenvalue weighted by Crippen LogP contribution is -2.60. The zero-order valence-corrected chi connectivity index (χ0v) is 21.5. The molecule has 10 heteroatoms. The highest BCUT2D eigenvalue weighted by atomic mass is 16.6. The number of ether oxygens (including phenoxy) is 1. The van der Waals surface area contributed by atoms with Crippen LogP contribution in [-0.2, 0) is 19.1 Å². The lowest BCUT2D eigenvalue weighted by atomic mass is 9.90. The molecule has 3 aliphatic rings. The van der Waals surface area contributed by atoms with Crippen molar-refractivity contribution in [1.82, 2.24) is 20.4 Å². The van der Waals surface area contributed by atoms with Gasteiger partial charge in [0.2, 0.25) is 17.7 Å². The molecule has 3 rings (SSSR count). The summed E-state index contributed by atoms with van der Waals surface area (Å²) in [4.78, 5) is 55.0. The molecular formula is C25H39N5O5. The zero-order chi connectivity index (χ0) is 25.9. The third-order valence-electron chi connectivity index (χ3n) is 7.12. The van der Waals surface area contributed by atoms with E-state index in [4.69, 9.17) is 4.74 Å². The molecule has 0 radical (unpaired) electrons. The molecule has 0 aromatic rings. The number of piperidine rings is 1. The predicted octanol–water partition coefficient (Wildman–Crippen LogP) is 1.94. The fraction of sp³-hybridized carbons (Fsp3) is 0.800. The molecule has 3 saturated heterocycles. The molecule has 0 aromatic carbocycles. The number of nitrogens with zero attached hydrogens (tertiary/aromatic N) is 3. The van der Waals surface area contributed by atoms with Gasteiger partial charge in [0.1, 0.15) is 23.7 Å². The number of nitrogens with one attached hydrogen (secondary N) is 2. The molecule has 4 bridgehead atoms. The molecule has 3 fully saturated rings. The lowest BCUT2D eigenvalue weighted by Gasteiger charge is -2.42. The second-order valence-corrected chi connectivity index (χ2v) is 11.3. The van der Waals surface area contributed by atoms with E-state index in [1.807, 2.05) is 6.92 Å². The topological polar surface area (TPSA) is 132 Å². The standard InChI is InChI=1S/C25H39N5O5/c1-15-10-20-23(33)30(14-15)18(13-26)12-16-11-17(27-21(16)31)8-6-7-9-19(22(32)29(20)5)28-24(34)35-25(2,3)4/h15-20H,6-12,14H2,1-5H3,(H,27,31)(H,28,34)/t15?,16-,17+,18-,19-,20-/m0/s1. The van der Waals surface area contributed by atoms with Gasteiger partial charge in [0.05, 0.1) is 6.07 Å². The van der Waals surface area contributed by atoms with Crippen molar-refractivity contribution in [3.63, 3.8) is 0 Å². The van der Waals surface area contributed by atoms with Gasteiger partial charge in [-0.2, -0.15) is 5.26 Å². The first-order valence-corrected chi connectivity index (χ1v) is 12.7. The molecule has 0 aromatic heterocycles. The molecule has 3 heterocycles. The monoisotopic (exact) mass is 489 g/mol. The van der Waals surface area contributed by atoms with E-state index in [0.717, 1.165) is 12.8 Å². The van der Waals surface area contributed by atoms with E-state index in [0.29, 0.717) is 38.6 Å². The Kier molecular flexibility index (Phi) is 8.29. The van der Waals surface area contributed by atoms with Crippen molar-refractivity contribution in [2.24, 2.45) is 11.8 Å². The van der Waals surface area contributed by atoms with Gasteiger partial charge in [-0.05, 0) is 58.8 Å². The van der Waals surface area contributed by atoms with Gasteiger partial charge in [0.25, 0.3) is 0 Å². The number of likely N-dealkylation sites (N-methyl/N-ethyl adjacent to an activating group) is 1. The molecule has 35 heavy (non-hydrogen) atoms. The van der Waals surface area contributed by atoms with Gasteiger partial charge in [-0.25, -0.2) is 4.79 Å². The molecule has 194 valence electrons. The van der Waals surface area contributed by atoms with E-state index in [2.05, 4.69) is 16.7 Å². The van der Waals surface area contributed by atoms with Crippen LogP contribution in [0.4, 0.5) is 4.79 Å². The number of alkyl carbamates (subject to hydrolysis) is 1. The van der Waals surface area contributed by atoms with Crippen LogP contribution < -0.4 is 10.6 Å². The summed E-state index contributed by atoms with van der Waals surface area (Å²) in [6, 6.07) is -0.0555. The molecule has 0 spiro atoms. The van der Waals surface area contributed by atoms with E-state index in [9.17, 15) is 24.4 Å². The van der Waals surface area contributed by atoms with Crippen LogP contribution in [0.15, 0.2) is 0 Å². The van der Waals surface area contributed by atoms with Gasteiger partial charge < -0.3 is 25.2 Å². The van der Waals surface area contributed by atoms with E-state index in [1.165, 1.54) is 4.90 Å². The Labute approximate surface area is 207 Å². The summed E-state index contributed by atoms with van der Waals surface area (Å²) in [5.41, 5.74) is -0.711. The number of carbonyl (C=O) groups excluding carboxylic acids is 4. The third kappa shape index (κ3) is 6.65. The Morgan fingerprint density at radius 1 is 1.11 bits per heavy atom. The molecule has 0 saturated carbocycles. The Bertz CT molecular complexity index is 878. The maximum atomic E-state index is 13.5. The fourth-order valence-corrected chi connectivity index (χ4v) is 5.36. The quantitative estimate of drug-likeness (QED) is 0.579. The van der Waals surface area contributed by atoms with Crippen LogP contribution in [0.2, 0.25) is 0 Å². The minimum absolute atomic E-state index is 0.0105. The van der Waals surface area contributed by atoms with E-state index in [-0.39, 0.29) is 35.6 Å². The first-order valence-electron chi connectivity index (χ1n) is 12.7. The summed E-state index contributed by atoms with van der Waals surface area (Å²) in [7, 11) is 1.58. The van der Waals surface area contributed by atoms with Crippen molar-refractivity contribution in [3.8, 4) is 6.07 Å². The van der Waals surface area contributed by atoms with Crippen LogP contribution in [0, 0.1) is 23.2 Å². The largest absolute Gasteiger partial charge is 0.444 e. The Balaban J connectivity index is 1.88. The summed E-state index contributed by atoms with van der Waals surface area (Å²) in [6.07, 6.45) is 3.32. The van der Waals surface area contributed by atoms with E-state index in [1.54, 1.807) is 32.7 Å². The summed E-state index contributed by atoms with van der Waals surface area (Å²) >= 11 is 0. The maximum absolute atomic E-state index is 13.5. The second kappa shape index (κ2) is 10.8. The summed E-state index contributed by atoms with van der Waals surface area (Å²) in [6.45, 7) is 7.66. The average molecular weight is 490 g/mol. The van der Waals surface area contributed by atoms with Crippen LogP contribution in [0.3, 0.4) is 0 Å². The first kappa shape index (κ1) is 26.8. The Morgan fingerprint density at radius 3 is 2.46 bits per heavy atom. The number of fused-ring (bicyclic) bond motifs is 4. The number of hydrogen-bond donors (Lipinski definition) is 2. The number of nitriles is 1. The normalized spacial score (nSPS) is 32.7. The van der Waals surface area contributed by atoms with Crippen LogP contribution in [0.25, 0.3) is 0 Å². The molecule has 2 N–H and O–H groups in total.